The molecule has 9 rings (SSSR count). The number of aliphatic hydroxyl groups is 1. The highest BCUT2D eigenvalue weighted by Crippen LogP contribution is 2.39. The molecule has 17 nitrogen and oxygen atoms in total. The summed E-state index contributed by atoms with van der Waals surface area (Å²) >= 11 is 1.58. The second-order valence-corrected chi connectivity index (χ2v) is 20.8. The van der Waals surface area contributed by atoms with Crippen LogP contribution in [0.4, 0.5) is 17.5 Å². The minimum atomic E-state index is -0.916. The van der Waals surface area contributed by atoms with Crippen molar-refractivity contribution >= 4 is 46.5 Å². The minimum Gasteiger partial charge on any atom is -0.507 e. The summed E-state index contributed by atoms with van der Waals surface area (Å²) in [4.78, 5) is 65.4. The molecule has 358 valence electrons. The van der Waals surface area contributed by atoms with Crippen LogP contribution >= 0.6 is 11.3 Å². The molecule has 68 heavy (non-hydrogen) atoms. The number of likely N-dealkylation sites (tertiary alicyclic amines) is 2. The van der Waals surface area contributed by atoms with Crippen LogP contribution in [0, 0.1) is 12.3 Å². The third kappa shape index (κ3) is 9.71. The number of benzene rings is 2. The number of hydrogen-bond acceptors (Lipinski definition) is 15. The van der Waals surface area contributed by atoms with E-state index in [9.17, 15) is 24.6 Å². The van der Waals surface area contributed by atoms with Crippen LogP contribution in [0.1, 0.15) is 82.5 Å². The summed E-state index contributed by atoms with van der Waals surface area (Å²) in [6.45, 7) is 12.7. The number of aromatic hydroxyl groups is 1. The van der Waals surface area contributed by atoms with Gasteiger partial charge < -0.3 is 41.3 Å². The predicted molar refractivity (Wildman–Crippen MR) is 262 cm³/mol. The van der Waals surface area contributed by atoms with Crippen molar-refractivity contribution in [3.8, 4) is 27.4 Å². The highest BCUT2D eigenvalue weighted by molar-refractivity contribution is 7.13. The Bertz CT molecular complexity index is 2600. The number of aryl methyl sites for hydroxylation is 1. The number of aliphatic hydroxyl groups excluding tert-OH is 1. The summed E-state index contributed by atoms with van der Waals surface area (Å²) < 4.78 is 0. The van der Waals surface area contributed by atoms with E-state index in [-0.39, 0.29) is 61.0 Å². The molecule has 3 amide bonds. The molecule has 4 saturated heterocycles. The number of para-hydroxylation sites is 1. The molecule has 2 aromatic carbocycles. The van der Waals surface area contributed by atoms with Crippen LogP contribution in [0.25, 0.3) is 21.7 Å². The van der Waals surface area contributed by atoms with Crippen molar-refractivity contribution in [2.24, 2.45) is 5.41 Å². The lowest BCUT2D eigenvalue weighted by Gasteiger charge is -2.42. The molecule has 5 aromatic rings. The molecule has 4 aliphatic heterocycles. The zero-order chi connectivity index (χ0) is 47.9. The second-order valence-electron chi connectivity index (χ2n) is 19.9. The van der Waals surface area contributed by atoms with Crippen molar-refractivity contribution in [1.82, 2.24) is 45.6 Å². The van der Waals surface area contributed by atoms with E-state index in [0.717, 1.165) is 77.7 Å². The number of fused-ring (bicyclic) bond motifs is 2. The van der Waals surface area contributed by atoms with Gasteiger partial charge in [-0.1, -0.05) is 57.2 Å². The Morgan fingerprint density at radius 1 is 0.926 bits per heavy atom. The lowest BCUT2D eigenvalue weighted by molar-refractivity contribution is -0.144. The third-order valence-corrected chi connectivity index (χ3v) is 15.3. The van der Waals surface area contributed by atoms with E-state index in [0.29, 0.717) is 30.2 Å². The van der Waals surface area contributed by atoms with E-state index in [2.05, 4.69) is 40.5 Å². The van der Waals surface area contributed by atoms with Crippen LogP contribution in [0.2, 0.25) is 0 Å². The van der Waals surface area contributed by atoms with Crippen LogP contribution < -0.4 is 26.2 Å². The number of hydrogen-bond donors (Lipinski definition) is 5. The number of nitrogens with one attached hydrogen (secondary N) is 2. The number of nitrogens with two attached hydrogens (primary N) is 1. The molecule has 18 heteroatoms. The number of thiazole rings is 1. The molecule has 4 aliphatic rings. The number of nitrogen functional groups attached to an aromatic ring is 1. The van der Waals surface area contributed by atoms with Crippen molar-refractivity contribution < 1.29 is 24.6 Å². The maximum Gasteiger partial charge on any atom is 0.246 e. The number of piperazine rings is 1. The molecular formula is C50H62N12O5S. The third-order valence-electron chi connectivity index (χ3n) is 14.3. The smallest absolute Gasteiger partial charge is 0.246 e. The van der Waals surface area contributed by atoms with Crippen LogP contribution in [-0.2, 0) is 20.9 Å². The Morgan fingerprint density at radius 3 is 2.26 bits per heavy atom. The number of phenols is 1. The standard InChI is InChI=1S/C50H62N12O5S/c1-29-43(68-28-55-29)33-12-10-31(11-13-33)22-52-47(66)41-20-37(63)27-61(41)48(67)44(50(3,4)5)56-46(65)30(2)59-18-16-32(17-19-59)34-23-53-49(54-24-34)62-35-14-15-36(62)26-60(25-35)40-21-39(57-58-45(40)51)38-8-6-7-9-42(38)64/h6-13,21,23-24,28,30,32,35-37,41,44,63-64H,14-20,22,25-27H2,1-5H3,(H2,51,58)(H,52,66)(H,56,65)/t30-,35?,36?,37-,41+,44-/m1/s1. The average molecular weight is 943 g/mol. The lowest BCUT2D eigenvalue weighted by atomic mass is 9.85. The first-order valence-corrected chi connectivity index (χ1v) is 24.6. The van der Waals surface area contributed by atoms with Crippen molar-refractivity contribution in [1.29, 1.82) is 0 Å². The number of rotatable bonds is 12. The molecule has 6 atom stereocenters. The number of phenolic OH excluding ortho intramolecular Hbond substituents is 1. The summed E-state index contributed by atoms with van der Waals surface area (Å²) in [5.41, 5.74) is 13.5. The highest BCUT2D eigenvalue weighted by atomic mass is 32.1. The number of carbonyl (C=O) groups is 3. The lowest BCUT2D eigenvalue weighted by Crippen LogP contribution is -2.60. The SMILES string of the molecule is Cc1ncsc1-c1ccc(CNC(=O)[C@@H]2C[C@@H](O)CN2C(=O)[C@@H](NC(=O)[C@@H](C)N2CCC(c3cnc(N4C5CCC4CN(c4cc(-c6ccccc6O)nnc4N)C5)nc3)CC2)C(C)(C)C)cc1. The molecule has 6 N–H and O–H groups in total. The van der Waals surface area contributed by atoms with E-state index < -0.39 is 29.6 Å². The van der Waals surface area contributed by atoms with E-state index in [1.54, 1.807) is 23.5 Å². The van der Waals surface area contributed by atoms with Crippen LogP contribution in [0.5, 0.6) is 5.75 Å². The molecule has 0 aliphatic carbocycles. The molecule has 0 spiro atoms. The first-order valence-electron chi connectivity index (χ1n) is 23.7. The van der Waals surface area contributed by atoms with Crippen molar-refractivity contribution in [3.05, 3.63) is 89.3 Å². The van der Waals surface area contributed by atoms with Gasteiger partial charge in [-0.2, -0.15) is 0 Å². The number of carbonyl (C=O) groups excluding carboxylic acids is 3. The van der Waals surface area contributed by atoms with Gasteiger partial charge in [-0.3, -0.25) is 19.3 Å². The molecule has 2 bridgehead atoms. The van der Waals surface area contributed by atoms with Crippen LogP contribution in [0.15, 0.2) is 72.5 Å². The fourth-order valence-electron chi connectivity index (χ4n) is 10.4. The zero-order valence-electron chi connectivity index (χ0n) is 39.4. The first kappa shape index (κ1) is 46.9. The fourth-order valence-corrected chi connectivity index (χ4v) is 11.2. The fraction of sp³-hybridized carbons (Fsp3) is 0.480. The molecular weight excluding hydrogens is 881 g/mol. The number of aromatic nitrogens is 5. The molecule has 3 aromatic heterocycles. The van der Waals surface area contributed by atoms with Crippen LogP contribution in [-0.4, -0.2) is 132 Å². The van der Waals surface area contributed by atoms with Crippen molar-refractivity contribution in [2.45, 2.75) is 115 Å². The molecule has 4 fully saturated rings. The van der Waals surface area contributed by atoms with Gasteiger partial charge in [-0.15, -0.1) is 21.5 Å². The van der Waals surface area contributed by atoms with E-state index in [4.69, 9.17) is 15.7 Å². The van der Waals surface area contributed by atoms with Crippen molar-refractivity contribution in [2.75, 3.05) is 48.3 Å². The van der Waals surface area contributed by atoms with Gasteiger partial charge in [0.2, 0.25) is 23.7 Å². The van der Waals surface area contributed by atoms with Gasteiger partial charge in [-0.05, 0) is 98.8 Å². The monoisotopic (exact) mass is 942 g/mol. The summed E-state index contributed by atoms with van der Waals surface area (Å²) in [6.07, 6.45) is 6.85. The van der Waals surface area contributed by atoms with Gasteiger partial charge in [0.15, 0.2) is 5.82 Å². The van der Waals surface area contributed by atoms with E-state index >= 15 is 0 Å². The van der Waals surface area contributed by atoms with Crippen molar-refractivity contribution in [3.63, 3.8) is 0 Å². The van der Waals surface area contributed by atoms with Crippen LogP contribution in [0.3, 0.4) is 0 Å². The van der Waals surface area contributed by atoms with Gasteiger partial charge in [0, 0.05) is 62.6 Å². The van der Waals surface area contributed by atoms with Gasteiger partial charge in [-0.25, -0.2) is 15.0 Å². The molecule has 7 heterocycles. The summed E-state index contributed by atoms with van der Waals surface area (Å²) in [5.74, 6) is 0.484. The normalized spacial score (nSPS) is 22.0. The minimum absolute atomic E-state index is 0.0112. The molecule has 0 saturated carbocycles. The average Bonchev–Trinajstić information content (AvgIpc) is 4.03. The Hall–Kier alpha value is -6.24. The number of piperidine rings is 1. The second kappa shape index (κ2) is 19.4. The first-order chi connectivity index (χ1) is 32.6. The van der Waals surface area contributed by atoms with E-state index in [1.807, 2.05) is 95.0 Å². The highest BCUT2D eigenvalue weighted by Gasteiger charge is 2.46. The number of amides is 3. The Morgan fingerprint density at radius 2 is 1.62 bits per heavy atom. The number of nitrogens with zero attached hydrogens (tertiary/aromatic N) is 9. The summed E-state index contributed by atoms with van der Waals surface area (Å²) in [5, 5.41) is 35.7. The van der Waals surface area contributed by atoms with E-state index in [1.165, 1.54) is 4.90 Å². The number of β-amino-alcohol motifs (C(OH)–C–C–N with tert-alkyl or cyclic N) is 1. The number of anilines is 3. The summed E-state index contributed by atoms with van der Waals surface area (Å²) in [6, 6.07) is 15.1. The molecule has 0 radical (unpaired) electrons. The molecule has 2 unspecified atom stereocenters. The Kier molecular flexibility index (Phi) is 13.4. The summed E-state index contributed by atoms with van der Waals surface area (Å²) in [7, 11) is 0. The maximum atomic E-state index is 14.3. The zero-order valence-corrected chi connectivity index (χ0v) is 40.2. The van der Waals surface area contributed by atoms with Gasteiger partial charge in [0.1, 0.15) is 17.8 Å². The maximum absolute atomic E-state index is 14.3. The Balaban J connectivity index is 0.774. The van der Waals surface area contributed by atoms with Gasteiger partial charge in [0.25, 0.3) is 0 Å². The topological polar surface area (TPSA) is 219 Å². The van der Waals surface area contributed by atoms with Gasteiger partial charge in [0.05, 0.1) is 39.6 Å². The Labute approximate surface area is 401 Å². The quantitative estimate of drug-likeness (QED) is 0.113. The largest absolute Gasteiger partial charge is 0.507 e. The van der Waals surface area contributed by atoms with Gasteiger partial charge >= 0.3 is 0 Å². The predicted octanol–water partition coefficient (Wildman–Crippen LogP) is 4.89.